The van der Waals surface area contributed by atoms with E-state index in [-0.39, 0.29) is 12.0 Å². The van der Waals surface area contributed by atoms with Crippen molar-refractivity contribution < 1.29 is 9.53 Å². The number of thiazole rings is 1. The Morgan fingerprint density at radius 3 is 2.81 bits per heavy atom. The van der Waals surface area contributed by atoms with Gasteiger partial charge in [0.1, 0.15) is 0 Å². The molecule has 1 aliphatic rings. The molecule has 1 amide bonds. The Kier molecular flexibility index (Phi) is 5.76. The van der Waals surface area contributed by atoms with Crippen LogP contribution < -0.4 is 4.90 Å². The molecule has 0 bridgehead atoms. The molecule has 0 aliphatic carbocycles. The van der Waals surface area contributed by atoms with Gasteiger partial charge < -0.3 is 4.74 Å². The number of hydrogen-bond acceptors (Lipinski definition) is 5. The highest BCUT2D eigenvalue weighted by molar-refractivity contribution is 7.22. The van der Waals surface area contributed by atoms with E-state index in [1.165, 1.54) is 0 Å². The molecule has 1 aliphatic heterocycles. The lowest BCUT2D eigenvalue weighted by Crippen LogP contribution is -2.37. The summed E-state index contributed by atoms with van der Waals surface area (Å²) in [5.74, 6) is -0.0465. The molecule has 0 N–H and O–H groups in total. The maximum absolute atomic E-state index is 13.7. The third-order valence-electron chi connectivity index (χ3n) is 5.78. The number of anilines is 1. The van der Waals surface area contributed by atoms with Gasteiger partial charge in [0.05, 0.1) is 35.1 Å². The molecule has 7 heteroatoms. The number of nitrogens with zero attached hydrogens (tertiary/aromatic N) is 4. The molecule has 1 saturated heterocycles. The van der Waals surface area contributed by atoms with Gasteiger partial charge in [-0.2, -0.15) is 5.10 Å². The fraction of sp³-hybridized carbons (Fsp3) is 0.320. The number of carbonyl (C=O) groups is 1. The van der Waals surface area contributed by atoms with Crippen LogP contribution in [0.1, 0.15) is 40.2 Å². The molecule has 2 aromatic carbocycles. The van der Waals surface area contributed by atoms with E-state index in [1.807, 2.05) is 67.1 Å². The lowest BCUT2D eigenvalue weighted by molar-refractivity contribution is 0.0917. The van der Waals surface area contributed by atoms with Crippen LogP contribution in [0.15, 0.2) is 54.6 Å². The highest BCUT2D eigenvalue weighted by atomic mass is 32.1. The Morgan fingerprint density at radius 1 is 1.19 bits per heavy atom. The van der Waals surface area contributed by atoms with Crippen LogP contribution in [0.2, 0.25) is 0 Å². The molecule has 32 heavy (non-hydrogen) atoms. The van der Waals surface area contributed by atoms with Crippen LogP contribution in [-0.2, 0) is 11.3 Å². The predicted octanol–water partition coefficient (Wildman–Crippen LogP) is 4.98. The summed E-state index contributed by atoms with van der Waals surface area (Å²) in [6.07, 6.45) is 2.04. The van der Waals surface area contributed by atoms with Crippen molar-refractivity contribution in [3.8, 4) is 0 Å². The minimum Gasteiger partial charge on any atom is -0.376 e. The van der Waals surface area contributed by atoms with E-state index >= 15 is 0 Å². The van der Waals surface area contributed by atoms with Gasteiger partial charge in [-0.05, 0) is 62.6 Å². The van der Waals surface area contributed by atoms with Crippen LogP contribution in [0.4, 0.5) is 5.13 Å². The van der Waals surface area contributed by atoms with Crippen LogP contribution in [0.25, 0.3) is 10.2 Å². The molecule has 6 nitrogen and oxygen atoms in total. The van der Waals surface area contributed by atoms with Crippen LogP contribution in [0, 0.1) is 13.8 Å². The van der Waals surface area contributed by atoms with Crippen molar-refractivity contribution in [2.75, 3.05) is 18.1 Å². The second-order valence-electron chi connectivity index (χ2n) is 8.30. The van der Waals surface area contributed by atoms with Gasteiger partial charge in [-0.3, -0.25) is 14.4 Å². The Labute approximate surface area is 191 Å². The van der Waals surface area contributed by atoms with Crippen molar-refractivity contribution in [1.29, 1.82) is 0 Å². The van der Waals surface area contributed by atoms with Gasteiger partial charge in [0.15, 0.2) is 5.13 Å². The number of amides is 1. The second kappa shape index (κ2) is 8.84. The Morgan fingerprint density at radius 2 is 2.06 bits per heavy atom. The standard InChI is InChI=1S/C25H26N4O2S/c1-17-13-18(2)29(27-17)15-19-7-5-8-20(14-19)24(30)28(16-21-9-6-12-31-21)25-26-22-10-3-4-11-23(22)32-25/h3-5,7-8,10-11,13-14,21H,6,9,12,15-16H2,1-2H3. The first-order valence-electron chi connectivity index (χ1n) is 11.0. The Balaban J connectivity index is 1.45. The van der Waals surface area contributed by atoms with E-state index in [0.29, 0.717) is 18.7 Å². The third kappa shape index (κ3) is 4.31. The zero-order valence-electron chi connectivity index (χ0n) is 18.3. The molecule has 1 unspecified atom stereocenters. The number of carbonyl (C=O) groups excluding carboxylic acids is 1. The van der Waals surface area contributed by atoms with E-state index in [4.69, 9.17) is 9.72 Å². The third-order valence-corrected chi connectivity index (χ3v) is 6.84. The van der Waals surface area contributed by atoms with E-state index < -0.39 is 0 Å². The fourth-order valence-corrected chi connectivity index (χ4v) is 5.16. The van der Waals surface area contributed by atoms with Gasteiger partial charge in [0.25, 0.3) is 5.91 Å². The molecule has 0 spiro atoms. The van der Waals surface area contributed by atoms with Crippen molar-refractivity contribution in [2.45, 2.75) is 39.3 Å². The maximum Gasteiger partial charge on any atom is 0.260 e. The summed E-state index contributed by atoms with van der Waals surface area (Å²) >= 11 is 1.55. The predicted molar refractivity (Wildman–Crippen MR) is 128 cm³/mol. The number of fused-ring (bicyclic) bond motifs is 1. The molecule has 1 atom stereocenters. The second-order valence-corrected chi connectivity index (χ2v) is 9.31. The molecular weight excluding hydrogens is 420 g/mol. The summed E-state index contributed by atoms with van der Waals surface area (Å²) in [5, 5.41) is 5.27. The molecular formula is C25H26N4O2S. The number of ether oxygens (including phenoxy) is 1. The summed E-state index contributed by atoms with van der Waals surface area (Å²) in [4.78, 5) is 20.3. The zero-order chi connectivity index (χ0) is 22.1. The number of aromatic nitrogens is 3. The van der Waals surface area contributed by atoms with Gasteiger partial charge >= 0.3 is 0 Å². The van der Waals surface area contributed by atoms with Crippen molar-refractivity contribution in [3.05, 3.63) is 77.1 Å². The SMILES string of the molecule is Cc1cc(C)n(Cc2cccc(C(=O)N(CC3CCCO3)c3nc4ccccc4s3)c2)n1. The largest absolute Gasteiger partial charge is 0.376 e. The molecule has 2 aromatic heterocycles. The number of benzene rings is 2. The molecule has 0 radical (unpaired) electrons. The van der Waals surface area contributed by atoms with Gasteiger partial charge in [-0.25, -0.2) is 4.98 Å². The molecule has 5 rings (SSSR count). The first-order chi connectivity index (χ1) is 15.6. The van der Waals surface area contributed by atoms with E-state index in [1.54, 1.807) is 16.2 Å². The van der Waals surface area contributed by atoms with Crippen LogP contribution in [0.3, 0.4) is 0 Å². The van der Waals surface area contributed by atoms with E-state index in [9.17, 15) is 4.79 Å². The highest BCUT2D eigenvalue weighted by Crippen LogP contribution is 2.31. The van der Waals surface area contributed by atoms with Crippen molar-refractivity contribution in [1.82, 2.24) is 14.8 Å². The van der Waals surface area contributed by atoms with Gasteiger partial charge in [0.2, 0.25) is 0 Å². The number of para-hydroxylation sites is 1. The highest BCUT2D eigenvalue weighted by Gasteiger charge is 2.27. The Bertz CT molecular complexity index is 1220. The lowest BCUT2D eigenvalue weighted by Gasteiger charge is -2.23. The van der Waals surface area contributed by atoms with E-state index in [0.717, 1.165) is 51.7 Å². The average molecular weight is 447 g/mol. The van der Waals surface area contributed by atoms with Gasteiger partial charge in [-0.15, -0.1) is 0 Å². The number of rotatable bonds is 6. The van der Waals surface area contributed by atoms with Gasteiger partial charge in [0, 0.05) is 17.9 Å². The summed E-state index contributed by atoms with van der Waals surface area (Å²) < 4.78 is 8.90. The number of aryl methyl sites for hydroxylation is 2. The van der Waals surface area contributed by atoms with Crippen LogP contribution >= 0.6 is 11.3 Å². The minimum atomic E-state index is -0.0465. The fourth-order valence-electron chi connectivity index (χ4n) is 4.18. The van der Waals surface area contributed by atoms with Crippen LogP contribution in [0.5, 0.6) is 0 Å². The zero-order valence-corrected chi connectivity index (χ0v) is 19.1. The van der Waals surface area contributed by atoms with Crippen molar-refractivity contribution >= 4 is 32.6 Å². The molecule has 1 fully saturated rings. The van der Waals surface area contributed by atoms with Gasteiger partial charge in [-0.1, -0.05) is 35.6 Å². The topological polar surface area (TPSA) is 60.2 Å². The molecule has 0 saturated carbocycles. The molecule has 3 heterocycles. The summed E-state index contributed by atoms with van der Waals surface area (Å²) in [7, 11) is 0. The lowest BCUT2D eigenvalue weighted by atomic mass is 10.1. The van der Waals surface area contributed by atoms with E-state index in [2.05, 4.69) is 11.2 Å². The van der Waals surface area contributed by atoms with Crippen LogP contribution in [-0.4, -0.2) is 39.9 Å². The minimum absolute atomic E-state index is 0.0452. The summed E-state index contributed by atoms with van der Waals surface area (Å²) in [6, 6.07) is 17.9. The van der Waals surface area contributed by atoms with Crippen molar-refractivity contribution in [3.63, 3.8) is 0 Å². The summed E-state index contributed by atoms with van der Waals surface area (Å²) in [5.41, 5.74) is 4.71. The summed E-state index contributed by atoms with van der Waals surface area (Å²) in [6.45, 7) is 5.94. The smallest absolute Gasteiger partial charge is 0.260 e. The normalized spacial score (nSPS) is 16.0. The first-order valence-corrected chi connectivity index (χ1v) is 11.8. The monoisotopic (exact) mass is 446 g/mol. The maximum atomic E-state index is 13.7. The average Bonchev–Trinajstić information content (AvgIpc) is 3.52. The quantitative estimate of drug-likeness (QED) is 0.419. The Hall–Kier alpha value is -3.03. The molecule has 4 aromatic rings. The van der Waals surface area contributed by atoms with Crippen molar-refractivity contribution in [2.24, 2.45) is 0 Å². The number of hydrogen-bond donors (Lipinski definition) is 0. The molecule has 164 valence electrons. The first kappa shape index (κ1) is 20.8.